The number of rotatable bonds is 2. The van der Waals surface area contributed by atoms with Crippen molar-refractivity contribution in [3.05, 3.63) is 49.3 Å². The summed E-state index contributed by atoms with van der Waals surface area (Å²) in [6.07, 6.45) is 2.32. The maximum atomic E-state index is 5.45. The van der Waals surface area contributed by atoms with Crippen molar-refractivity contribution in [2.24, 2.45) is 0 Å². The zero-order valence-electron chi connectivity index (χ0n) is 7.23. The van der Waals surface area contributed by atoms with Crippen molar-refractivity contribution >= 4 is 0 Å². The van der Waals surface area contributed by atoms with Crippen LogP contribution in [-0.2, 0) is 6.42 Å². The molecule has 1 aromatic carbocycles. The molecule has 0 aliphatic heterocycles. The Morgan fingerprint density at radius 1 is 1.23 bits per heavy atom. The summed E-state index contributed by atoms with van der Waals surface area (Å²) in [6, 6.07) is 9.91. The Morgan fingerprint density at radius 2 is 2.00 bits per heavy atom. The highest BCUT2D eigenvalue weighted by atomic mass is 16.4. The summed E-state index contributed by atoms with van der Waals surface area (Å²) in [5.74, 6) is 1.48. The fourth-order valence-electron chi connectivity index (χ4n) is 1.16. The molecule has 0 aliphatic carbocycles. The van der Waals surface area contributed by atoms with Crippen LogP contribution < -0.4 is 0 Å². The third kappa shape index (κ3) is 1.61. The molecule has 2 rings (SSSR count). The Hall–Kier alpha value is -1.57. The maximum absolute atomic E-state index is 5.45. The van der Waals surface area contributed by atoms with E-state index in [1.54, 1.807) is 6.20 Å². The van der Waals surface area contributed by atoms with Crippen LogP contribution in [0.4, 0.5) is 0 Å². The van der Waals surface area contributed by atoms with Gasteiger partial charge in [-0.05, 0) is 6.92 Å². The van der Waals surface area contributed by atoms with Crippen LogP contribution in [0.2, 0.25) is 0 Å². The second-order valence-electron chi connectivity index (χ2n) is 2.73. The van der Waals surface area contributed by atoms with Crippen LogP contribution in [0.15, 0.2) is 40.9 Å². The summed E-state index contributed by atoms with van der Waals surface area (Å²) in [5, 5.41) is 0. The minimum atomic E-state index is 0.590. The largest absolute Gasteiger partial charge is 0.441 e. The van der Waals surface area contributed by atoms with Crippen LogP contribution in [0.25, 0.3) is 11.3 Å². The lowest BCUT2D eigenvalue weighted by molar-refractivity contribution is 0.521. The number of oxazole rings is 1. The molecule has 13 heavy (non-hydrogen) atoms. The fraction of sp³-hybridized carbons (Fsp3) is 0.0909. The third-order valence-corrected chi connectivity index (χ3v) is 1.83. The number of hydrogen-bond donors (Lipinski definition) is 0. The molecule has 0 bridgehead atoms. The van der Waals surface area contributed by atoms with Gasteiger partial charge in [-0.1, -0.05) is 30.3 Å². The second kappa shape index (κ2) is 3.44. The van der Waals surface area contributed by atoms with Gasteiger partial charge in [0.25, 0.3) is 0 Å². The second-order valence-corrected chi connectivity index (χ2v) is 2.73. The van der Waals surface area contributed by atoms with E-state index in [0.717, 1.165) is 11.3 Å². The lowest BCUT2D eigenvalue weighted by Crippen LogP contribution is -1.74. The van der Waals surface area contributed by atoms with Crippen LogP contribution in [0, 0.1) is 6.92 Å². The van der Waals surface area contributed by atoms with Crippen molar-refractivity contribution in [1.29, 1.82) is 0 Å². The molecule has 0 aliphatic rings. The SMILES string of the molecule is [CH2]Cc1ncc(-c2ccccc2)o1. The Labute approximate surface area is 77.2 Å². The van der Waals surface area contributed by atoms with E-state index in [2.05, 4.69) is 11.9 Å². The van der Waals surface area contributed by atoms with Gasteiger partial charge in [-0.3, -0.25) is 0 Å². The van der Waals surface area contributed by atoms with Gasteiger partial charge < -0.3 is 4.42 Å². The van der Waals surface area contributed by atoms with Gasteiger partial charge in [-0.15, -0.1) is 0 Å². The predicted molar refractivity (Wildman–Crippen MR) is 51.0 cm³/mol. The molecule has 0 fully saturated rings. The first-order chi connectivity index (χ1) is 6.40. The average molecular weight is 172 g/mol. The summed E-state index contributed by atoms with van der Waals surface area (Å²) in [5.41, 5.74) is 1.05. The van der Waals surface area contributed by atoms with Gasteiger partial charge in [0, 0.05) is 12.0 Å². The molecule has 0 saturated carbocycles. The topological polar surface area (TPSA) is 26.0 Å². The zero-order valence-corrected chi connectivity index (χ0v) is 7.23. The highest BCUT2D eigenvalue weighted by Crippen LogP contribution is 2.19. The molecule has 1 heterocycles. The average Bonchev–Trinajstić information content (AvgIpc) is 2.67. The molecule has 0 amide bonds. The maximum Gasteiger partial charge on any atom is 0.194 e. The molecule has 2 nitrogen and oxygen atoms in total. The molecule has 1 radical (unpaired) electrons. The molecule has 0 N–H and O–H groups in total. The summed E-state index contributed by atoms with van der Waals surface area (Å²) in [7, 11) is 0. The van der Waals surface area contributed by atoms with E-state index in [1.807, 2.05) is 30.3 Å². The predicted octanol–water partition coefficient (Wildman–Crippen LogP) is 2.72. The highest BCUT2D eigenvalue weighted by Gasteiger charge is 2.02. The first kappa shape index (κ1) is 8.05. The first-order valence-electron chi connectivity index (χ1n) is 4.19. The molecule has 0 atom stereocenters. The van der Waals surface area contributed by atoms with Crippen LogP contribution in [0.5, 0.6) is 0 Å². The van der Waals surface area contributed by atoms with E-state index in [1.165, 1.54) is 0 Å². The fourth-order valence-corrected chi connectivity index (χ4v) is 1.16. The molecule has 2 aromatic rings. The first-order valence-corrected chi connectivity index (χ1v) is 4.19. The number of nitrogens with zero attached hydrogens (tertiary/aromatic N) is 1. The Balaban J connectivity index is 2.36. The van der Waals surface area contributed by atoms with Crippen molar-refractivity contribution in [3.63, 3.8) is 0 Å². The number of aromatic nitrogens is 1. The summed E-state index contributed by atoms with van der Waals surface area (Å²) in [4.78, 5) is 4.08. The normalized spacial score (nSPS) is 10.2. The summed E-state index contributed by atoms with van der Waals surface area (Å²) < 4.78 is 5.45. The van der Waals surface area contributed by atoms with Gasteiger partial charge >= 0.3 is 0 Å². The van der Waals surface area contributed by atoms with E-state index in [9.17, 15) is 0 Å². The number of hydrogen-bond acceptors (Lipinski definition) is 2. The Bertz CT molecular complexity index is 378. The van der Waals surface area contributed by atoms with Crippen molar-refractivity contribution in [2.45, 2.75) is 6.42 Å². The minimum Gasteiger partial charge on any atom is -0.441 e. The van der Waals surface area contributed by atoms with Crippen molar-refractivity contribution in [2.75, 3.05) is 0 Å². The van der Waals surface area contributed by atoms with Gasteiger partial charge in [0.1, 0.15) is 0 Å². The van der Waals surface area contributed by atoms with Crippen molar-refractivity contribution in [3.8, 4) is 11.3 Å². The summed E-state index contributed by atoms with van der Waals surface area (Å²) >= 11 is 0. The minimum absolute atomic E-state index is 0.590. The monoisotopic (exact) mass is 172 g/mol. The van der Waals surface area contributed by atoms with Crippen LogP contribution in [-0.4, -0.2) is 4.98 Å². The van der Waals surface area contributed by atoms with Crippen molar-refractivity contribution in [1.82, 2.24) is 4.98 Å². The molecular formula is C11H10NO. The quantitative estimate of drug-likeness (QED) is 0.696. The van der Waals surface area contributed by atoms with E-state index in [0.29, 0.717) is 12.3 Å². The molecule has 2 heteroatoms. The van der Waals surface area contributed by atoms with E-state index < -0.39 is 0 Å². The van der Waals surface area contributed by atoms with Crippen molar-refractivity contribution < 1.29 is 4.42 Å². The van der Waals surface area contributed by atoms with Crippen LogP contribution in [0.3, 0.4) is 0 Å². The highest BCUT2D eigenvalue weighted by molar-refractivity contribution is 5.55. The Morgan fingerprint density at radius 3 is 2.62 bits per heavy atom. The third-order valence-electron chi connectivity index (χ3n) is 1.83. The smallest absolute Gasteiger partial charge is 0.194 e. The number of benzene rings is 1. The van der Waals surface area contributed by atoms with Gasteiger partial charge in [0.15, 0.2) is 11.7 Å². The van der Waals surface area contributed by atoms with Gasteiger partial charge in [0.2, 0.25) is 0 Å². The molecule has 0 spiro atoms. The van der Waals surface area contributed by atoms with E-state index in [-0.39, 0.29) is 0 Å². The zero-order chi connectivity index (χ0) is 9.10. The van der Waals surface area contributed by atoms with Gasteiger partial charge in [0.05, 0.1) is 6.20 Å². The van der Waals surface area contributed by atoms with Crippen LogP contribution >= 0.6 is 0 Å². The lowest BCUT2D eigenvalue weighted by Gasteiger charge is -1.93. The van der Waals surface area contributed by atoms with Crippen LogP contribution in [0.1, 0.15) is 5.89 Å². The van der Waals surface area contributed by atoms with E-state index >= 15 is 0 Å². The lowest BCUT2D eigenvalue weighted by atomic mass is 10.2. The van der Waals surface area contributed by atoms with Gasteiger partial charge in [-0.25, -0.2) is 4.98 Å². The molecular weight excluding hydrogens is 162 g/mol. The van der Waals surface area contributed by atoms with Gasteiger partial charge in [-0.2, -0.15) is 0 Å². The standard InChI is InChI=1S/C11H10NO/c1-2-11-12-8-10(13-11)9-6-4-3-5-7-9/h3-8H,1-2H2. The van der Waals surface area contributed by atoms with E-state index in [4.69, 9.17) is 4.42 Å². The molecule has 65 valence electrons. The summed E-state index contributed by atoms with van der Waals surface area (Å²) in [6.45, 7) is 3.71. The molecule has 0 unspecified atom stereocenters. The molecule has 0 saturated heterocycles. The Kier molecular flexibility index (Phi) is 2.13. The molecule has 1 aromatic heterocycles.